The highest BCUT2D eigenvalue weighted by Gasteiger charge is 2.27. The highest BCUT2D eigenvalue weighted by Crippen LogP contribution is 2.43. The Labute approximate surface area is 432 Å². The molecule has 6 nitrogen and oxygen atoms in total. The summed E-state index contributed by atoms with van der Waals surface area (Å²) in [5.74, 6) is 0.805. The van der Waals surface area contributed by atoms with Gasteiger partial charge >= 0.3 is 0 Å². The van der Waals surface area contributed by atoms with Crippen LogP contribution in [-0.4, -0.2) is 19.1 Å². The van der Waals surface area contributed by atoms with E-state index in [4.69, 9.17) is 18.2 Å². The number of para-hydroxylation sites is 4. The summed E-state index contributed by atoms with van der Waals surface area (Å²) in [7, 11) is 0. The molecule has 0 saturated heterocycles. The lowest BCUT2D eigenvalue weighted by molar-refractivity contribution is -0.571. The van der Waals surface area contributed by atoms with Crippen LogP contribution in [0.15, 0.2) is 200 Å². The second-order valence-electron chi connectivity index (χ2n) is 21.1. The lowest BCUT2D eigenvalue weighted by Crippen LogP contribution is -2.31. The number of anilines is 3. The predicted molar refractivity (Wildman–Crippen MR) is 295 cm³/mol. The third-order valence-electron chi connectivity index (χ3n) is 13.1. The third-order valence-corrected chi connectivity index (χ3v) is 13.1. The smallest absolute Gasteiger partial charge is 0.269 e. The van der Waals surface area contributed by atoms with Gasteiger partial charge in [-0.15, -0.1) is 0 Å². The number of hydrogen-bond acceptors (Lipinski definition) is 3. The number of pyridine rings is 2. The second kappa shape index (κ2) is 17.4. The van der Waals surface area contributed by atoms with Gasteiger partial charge in [0.1, 0.15) is 5.82 Å². The monoisotopic (exact) mass is 935 g/mol. The average Bonchev–Trinajstić information content (AvgIpc) is 4.06. The van der Waals surface area contributed by atoms with E-state index >= 15 is 0 Å². The van der Waals surface area contributed by atoms with Crippen LogP contribution in [-0.2, 0) is 16.2 Å². The van der Waals surface area contributed by atoms with Gasteiger partial charge in [0.25, 0.3) is 6.33 Å². The molecule has 4 aromatic heterocycles. The molecule has 0 aliphatic rings. The second-order valence-corrected chi connectivity index (χ2v) is 21.1. The van der Waals surface area contributed by atoms with Crippen molar-refractivity contribution < 1.29 is 18.3 Å². The van der Waals surface area contributed by atoms with Crippen LogP contribution in [0.2, 0.25) is 0 Å². The van der Waals surface area contributed by atoms with Crippen LogP contribution in [0.25, 0.3) is 72.3 Å². The van der Waals surface area contributed by atoms with Crippen LogP contribution >= 0.6 is 0 Å². The standard InChI is InChI=1S/C65H60N6/c1-63(2,3)46-36-37-66-61(38-46)71-55-31-17-16-28-53(55)54-35-34-49(40-58(54)71)70(50-41-59(64(4,5)6)67-60(42-50)65(7,8)9)48-27-20-26-47(39-48)68-43-69(57-33-19-18-32-56(57)68)62-51(44-22-12-10-13-23-44)29-21-30-52(62)45-24-14-11-15-25-45/h10-42H,1-9H3/i10D,11D,12D,13D,14D,15D,22D,23D,24D,25D. The molecule has 0 aliphatic carbocycles. The first-order valence-electron chi connectivity index (χ1n) is 28.9. The molecule has 0 N–H and O–H groups in total. The Morgan fingerprint density at radius 2 is 1.11 bits per heavy atom. The molecule has 6 heteroatoms. The van der Waals surface area contributed by atoms with Crippen molar-refractivity contribution >= 4 is 49.9 Å². The van der Waals surface area contributed by atoms with Gasteiger partial charge in [-0.3, -0.25) is 18.7 Å². The zero-order valence-electron chi connectivity index (χ0n) is 51.5. The summed E-state index contributed by atoms with van der Waals surface area (Å²) < 4.78 is 94.3. The number of rotatable bonds is 8. The Hall–Kier alpha value is -8.09. The molecule has 11 rings (SSSR count). The lowest BCUT2D eigenvalue weighted by Gasteiger charge is -2.31. The maximum Gasteiger partial charge on any atom is 0.269 e. The van der Waals surface area contributed by atoms with E-state index in [0.717, 1.165) is 61.6 Å². The van der Waals surface area contributed by atoms with E-state index in [-0.39, 0.29) is 44.2 Å². The highest BCUT2D eigenvalue weighted by molar-refractivity contribution is 6.10. The van der Waals surface area contributed by atoms with Crippen LogP contribution in [0.1, 0.15) is 93.0 Å². The molecule has 11 aromatic rings. The van der Waals surface area contributed by atoms with Crippen molar-refractivity contribution in [2.75, 3.05) is 4.90 Å². The number of benzene rings is 7. The summed E-state index contributed by atoms with van der Waals surface area (Å²) in [6, 6.07) is 38.8. The molecule has 0 fully saturated rings. The van der Waals surface area contributed by atoms with E-state index in [9.17, 15) is 5.48 Å². The molecule has 350 valence electrons. The number of imidazole rings is 1. The molecule has 7 aromatic carbocycles. The first-order chi connectivity index (χ1) is 38.3. The van der Waals surface area contributed by atoms with E-state index < -0.39 is 60.4 Å². The summed E-state index contributed by atoms with van der Waals surface area (Å²) >= 11 is 0. The van der Waals surface area contributed by atoms with Gasteiger partial charge < -0.3 is 4.90 Å². The largest absolute Gasteiger partial charge is 0.311 e. The first kappa shape index (κ1) is 35.1. The fourth-order valence-corrected chi connectivity index (χ4v) is 9.36. The highest BCUT2D eigenvalue weighted by atomic mass is 15.2. The van der Waals surface area contributed by atoms with Gasteiger partial charge in [-0.05, 0) is 93.9 Å². The summed E-state index contributed by atoms with van der Waals surface area (Å²) in [4.78, 5) is 12.5. The quantitative estimate of drug-likeness (QED) is 0.113. The third kappa shape index (κ3) is 8.37. The van der Waals surface area contributed by atoms with E-state index in [1.807, 2.05) is 47.2 Å². The van der Waals surface area contributed by atoms with Gasteiger partial charge in [-0.1, -0.05) is 196 Å². The van der Waals surface area contributed by atoms with Crippen LogP contribution in [0.5, 0.6) is 0 Å². The number of nitrogens with zero attached hydrogens (tertiary/aromatic N) is 6. The summed E-state index contributed by atoms with van der Waals surface area (Å²) in [5, 5.41) is 2.16. The Morgan fingerprint density at radius 1 is 0.521 bits per heavy atom. The average molecular weight is 935 g/mol. The molecule has 0 amide bonds. The minimum atomic E-state index is -0.567. The zero-order valence-corrected chi connectivity index (χ0v) is 41.5. The minimum absolute atomic E-state index is 0.123. The van der Waals surface area contributed by atoms with Crippen molar-refractivity contribution in [2.24, 2.45) is 0 Å². The number of hydrogen-bond donors (Lipinski definition) is 0. The molecule has 0 saturated carbocycles. The van der Waals surface area contributed by atoms with Gasteiger partial charge in [-0.25, -0.2) is 4.98 Å². The van der Waals surface area contributed by atoms with Gasteiger partial charge in [0.05, 0.1) is 47.1 Å². The number of fused-ring (bicyclic) bond motifs is 4. The van der Waals surface area contributed by atoms with Crippen molar-refractivity contribution in [1.29, 1.82) is 0 Å². The maximum atomic E-state index is 9.18. The van der Waals surface area contributed by atoms with Gasteiger partial charge in [0.2, 0.25) is 0 Å². The Morgan fingerprint density at radius 3 is 1.76 bits per heavy atom. The van der Waals surface area contributed by atoms with E-state index in [0.29, 0.717) is 16.7 Å². The van der Waals surface area contributed by atoms with Crippen LogP contribution in [0.3, 0.4) is 0 Å². The van der Waals surface area contributed by atoms with Crippen molar-refractivity contribution in [3.8, 4) is 39.4 Å². The Kier molecular flexibility index (Phi) is 8.59. The van der Waals surface area contributed by atoms with E-state index in [2.05, 4.69) is 157 Å². The van der Waals surface area contributed by atoms with Crippen LogP contribution < -0.4 is 9.47 Å². The molecular formula is C65H60N6. The Balaban J connectivity index is 1.19. The molecule has 0 spiro atoms. The van der Waals surface area contributed by atoms with Crippen molar-refractivity contribution in [3.63, 3.8) is 0 Å². The van der Waals surface area contributed by atoms with Crippen molar-refractivity contribution in [3.05, 3.63) is 223 Å². The number of aromatic nitrogens is 5. The van der Waals surface area contributed by atoms with E-state index in [1.165, 1.54) is 0 Å². The molecule has 0 atom stereocenters. The fourth-order valence-electron chi connectivity index (χ4n) is 9.36. The maximum absolute atomic E-state index is 9.18. The van der Waals surface area contributed by atoms with Crippen LogP contribution in [0, 0.1) is 6.33 Å². The topological polar surface area (TPSA) is 42.8 Å². The molecule has 0 radical (unpaired) electrons. The van der Waals surface area contributed by atoms with Crippen molar-refractivity contribution in [1.82, 2.24) is 19.1 Å². The summed E-state index contributed by atoms with van der Waals surface area (Å²) in [5.41, 5.74) is 8.93. The molecule has 71 heavy (non-hydrogen) atoms. The minimum Gasteiger partial charge on any atom is -0.311 e. The normalized spacial score (nSPS) is 14.3. The van der Waals surface area contributed by atoms with E-state index in [1.54, 1.807) is 22.8 Å². The zero-order chi connectivity index (χ0) is 57.9. The van der Waals surface area contributed by atoms with Gasteiger partial charge in [0.15, 0.2) is 0 Å². The molecule has 0 bridgehead atoms. The van der Waals surface area contributed by atoms with Crippen molar-refractivity contribution in [2.45, 2.75) is 78.6 Å². The Bertz CT molecular complexity index is 4210. The van der Waals surface area contributed by atoms with Gasteiger partial charge in [-0.2, -0.15) is 0 Å². The molecular weight excluding hydrogens is 865 g/mol. The molecule has 4 heterocycles. The SMILES string of the molecule is [2H]c1c([2H])c([2H])c(-c2cccc(-c3c([2H])c([2H])c([2H])c([2H])c3[2H])c2-[n+]2[c-]n(-c3cccc(N(c4cc(C(C)(C)C)nc(C(C)(C)C)c4)c4ccc5c6ccccc6n(-c6cc(C(C)(C)C)ccn6)c5c4)c3)c3ccccc32)c([2H])c1[2H]. The molecule has 0 aliphatic heterocycles. The van der Waals surface area contributed by atoms with Gasteiger partial charge in [0, 0.05) is 56.2 Å². The summed E-state index contributed by atoms with van der Waals surface area (Å²) in [6.07, 6.45) is 5.46. The lowest BCUT2D eigenvalue weighted by atomic mass is 9.87. The molecule has 0 unspecified atom stereocenters. The van der Waals surface area contributed by atoms with Crippen LogP contribution in [0.4, 0.5) is 17.1 Å². The predicted octanol–water partition coefficient (Wildman–Crippen LogP) is 16.3. The first-order valence-corrected chi connectivity index (χ1v) is 23.9. The fraction of sp³-hybridized carbons (Fsp3) is 0.185. The summed E-state index contributed by atoms with van der Waals surface area (Å²) in [6.45, 7) is 19.6.